The molecule has 1 fully saturated rings. The van der Waals surface area contributed by atoms with Gasteiger partial charge in [-0.15, -0.1) is 0 Å². The average Bonchev–Trinajstić information content (AvgIpc) is 3.18. The van der Waals surface area contributed by atoms with E-state index >= 15 is 0 Å². The fraction of sp³-hybridized carbons (Fsp3) is 0.655. The fourth-order valence-electron chi connectivity index (χ4n) is 5.94. The number of nitrogens with one attached hydrogen (secondary N) is 1. The monoisotopic (exact) mass is 515 g/mol. The largest absolute Gasteiger partial charge is 0.444 e. The predicted molar refractivity (Wildman–Crippen MR) is 145 cm³/mol. The molecular formula is C29H42ClN3O3. The van der Waals surface area contributed by atoms with Crippen molar-refractivity contribution in [1.29, 1.82) is 0 Å². The van der Waals surface area contributed by atoms with Crippen LogP contribution in [0.1, 0.15) is 84.0 Å². The number of hydrogen-bond donors (Lipinski definition) is 1. The third kappa shape index (κ3) is 5.85. The number of benzene rings is 1. The maximum absolute atomic E-state index is 13.8. The highest BCUT2D eigenvalue weighted by molar-refractivity contribution is 6.35. The van der Waals surface area contributed by atoms with Gasteiger partial charge in [0.1, 0.15) is 5.60 Å². The van der Waals surface area contributed by atoms with Gasteiger partial charge in [0.15, 0.2) is 0 Å². The summed E-state index contributed by atoms with van der Waals surface area (Å²) < 4.78 is 5.50. The molecule has 1 aliphatic heterocycles. The Labute approximate surface area is 220 Å². The maximum atomic E-state index is 13.8. The van der Waals surface area contributed by atoms with Crippen LogP contribution in [0.4, 0.5) is 4.79 Å². The second-order valence-corrected chi connectivity index (χ2v) is 12.6. The Morgan fingerprint density at radius 2 is 1.89 bits per heavy atom. The Balaban J connectivity index is 1.43. The van der Waals surface area contributed by atoms with E-state index in [1.54, 1.807) is 11.9 Å². The van der Waals surface area contributed by atoms with Gasteiger partial charge in [-0.05, 0) is 82.8 Å². The van der Waals surface area contributed by atoms with E-state index in [0.717, 1.165) is 55.6 Å². The van der Waals surface area contributed by atoms with Crippen molar-refractivity contribution in [2.75, 3.05) is 20.1 Å². The van der Waals surface area contributed by atoms with E-state index < -0.39 is 5.60 Å². The van der Waals surface area contributed by atoms with Crippen LogP contribution in [0.5, 0.6) is 0 Å². The van der Waals surface area contributed by atoms with E-state index in [1.807, 2.05) is 32.9 Å². The van der Waals surface area contributed by atoms with Crippen LogP contribution in [0.25, 0.3) is 10.9 Å². The maximum Gasteiger partial charge on any atom is 0.410 e. The van der Waals surface area contributed by atoms with Crippen molar-refractivity contribution in [3.8, 4) is 0 Å². The molecule has 0 radical (unpaired) electrons. The number of hydrogen-bond acceptors (Lipinski definition) is 3. The quantitative estimate of drug-likeness (QED) is 0.467. The smallest absolute Gasteiger partial charge is 0.410 e. The molecule has 4 rings (SSSR count). The van der Waals surface area contributed by atoms with Crippen LogP contribution in [0.15, 0.2) is 18.2 Å². The fourth-order valence-corrected chi connectivity index (χ4v) is 6.16. The molecule has 0 bridgehead atoms. The third-order valence-electron chi connectivity index (χ3n) is 7.65. The van der Waals surface area contributed by atoms with Crippen LogP contribution in [-0.4, -0.2) is 52.5 Å². The van der Waals surface area contributed by atoms with Gasteiger partial charge in [0.2, 0.25) is 5.91 Å². The first-order valence-electron chi connectivity index (χ1n) is 13.5. The van der Waals surface area contributed by atoms with Gasteiger partial charge in [-0.3, -0.25) is 4.79 Å². The van der Waals surface area contributed by atoms with E-state index in [9.17, 15) is 9.59 Å². The summed E-state index contributed by atoms with van der Waals surface area (Å²) >= 11 is 6.51. The Morgan fingerprint density at radius 3 is 2.53 bits per heavy atom. The number of aromatic nitrogens is 1. The van der Waals surface area contributed by atoms with Gasteiger partial charge in [-0.25, -0.2) is 4.79 Å². The summed E-state index contributed by atoms with van der Waals surface area (Å²) in [5.41, 5.74) is 2.98. The molecule has 1 N–H and O–H groups in total. The van der Waals surface area contributed by atoms with Crippen molar-refractivity contribution >= 4 is 34.5 Å². The molecule has 6 nitrogen and oxygen atoms in total. The summed E-state index contributed by atoms with van der Waals surface area (Å²) in [4.78, 5) is 33.6. The minimum absolute atomic E-state index is 0.0530. The van der Waals surface area contributed by atoms with Crippen LogP contribution in [-0.2, 0) is 16.0 Å². The van der Waals surface area contributed by atoms with E-state index in [-0.39, 0.29) is 24.0 Å². The van der Waals surface area contributed by atoms with Gasteiger partial charge in [0, 0.05) is 37.1 Å². The lowest BCUT2D eigenvalue weighted by atomic mass is 9.80. The van der Waals surface area contributed by atoms with Gasteiger partial charge < -0.3 is 19.5 Å². The average molecular weight is 516 g/mol. The van der Waals surface area contributed by atoms with E-state index in [2.05, 4.69) is 29.8 Å². The minimum Gasteiger partial charge on any atom is -0.444 e. The van der Waals surface area contributed by atoms with Crippen molar-refractivity contribution in [2.24, 2.45) is 17.8 Å². The molecule has 1 aliphatic carbocycles. The molecule has 36 heavy (non-hydrogen) atoms. The van der Waals surface area contributed by atoms with Gasteiger partial charge >= 0.3 is 6.09 Å². The molecule has 2 amide bonds. The lowest BCUT2D eigenvalue weighted by Crippen LogP contribution is -2.45. The number of H-pyrrole nitrogens is 1. The second-order valence-electron chi connectivity index (χ2n) is 12.2. The first kappa shape index (κ1) is 26.8. The number of aromatic amines is 1. The number of halogens is 1. The molecular weight excluding hydrogens is 474 g/mol. The number of amides is 2. The van der Waals surface area contributed by atoms with Crippen LogP contribution >= 0.6 is 11.6 Å². The number of carbonyl (C=O) groups excluding carboxylic acids is 2. The zero-order valence-corrected chi connectivity index (χ0v) is 23.5. The van der Waals surface area contributed by atoms with Crippen molar-refractivity contribution in [2.45, 2.75) is 84.8 Å². The van der Waals surface area contributed by atoms with Gasteiger partial charge in [0.25, 0.3) is 0 Å². The molecule has 1 aromatic heterocycles. The Hall–Kier alpha value is -2.21. The van der Waals surface area contributed by atoms with Crippen molar-refractivity contribution < 1.29 is 14.3 Å². The van der Waals surface area contributed by atoms with E-state index in [0.29, 0.717) is 18.4 Å². The third-order valence-corrected chi connectivity index (χ3v) is 7.96. The molecule has 2 heterocycles. The topological polar surface area (TPSA) is 65.6 Å². The first-order chi connectivity index (χ1) is 16.9. The number of nitrogens with zero attached hydrogens (tertiary/aromatic N) is 2. The highest BCUT2D eigenvalue weighted by Gasteiger charge is 2.38. The molecule has 1 aromatic carbocycles. The molecule has 7 heteroatoms. The summed E-state index contributed by atoms with van der Waals surface area (Å²) in [5.74, 6) is 1.21. The number of para-hydroxylation sites is 1. The lowest BCUT2D eigenvalue weighted by molar-refractivity contribution is -0.140. The Morgan fingerprint density at radius 1 is 1.19 bits per heavy atom. The van der Waals surface area contributed by atoms with Crippen molar-refractivity contribution in [3.63, 3.8) is 0 Å². The lowest BCUT2D eigenvalue weighted by Gasteiger charge is -2.40. The Bertz CT molecular complexity index is 1100. The van der Waals surface area contributed by atoms with E-state index in [4.69, 9.17) is 16.3 Å². The zero-order chi connectivity index (χ0) is 26.2. The van der Waals surface area contributed by atoms with Crippen LogP contribution in [0, 0.1) is 17.8 Å². The predicted octanol–water partition coefficient (Wildman–Crippen LogP) is 6.97. The normalized spacial score (nSPS) is 22.6. The number of rotatable bonds is 5. The molecule has 198 valence electrons. The van der Waals surface area contributed by atoms with Crippen molar-refractivity contribution in [1.82, 2.24) is 14.8 Å². The molecule has 1 unspecified atom stereocenters. The SMILES string of the molecule is CC(C)CC1c2[nH]c3c(Cl)cccc3c2CCN1C(=O)[C@H]1CC[C@H](CN(C)C(=O)OC(C)(C)C)CC1. The number of carbonyl (C=O) groups is 2. The standard InChI is InChI=1S/C29H42ClN3O3/c1-18(2)16-24-26-22(21-8-7-9-23(30)25(21)31-26)14-15-33(24)27(34)20-12-10-19(11-13-20)17-32(6)28(35)36-29(3,4)5/h7-9,18-20,24,31H,10-17H2,1-6H3/t19-,20-,24?. The number of ether oxygens (including phenoxy) is 1. The molecule has 2 aliphatic rings. The zero-order valence-electron chi connectivity index (χ0n) is 22.7. The minimum atomic E-state index is -0.493. The first-order valence-corrected chi connectivity index (χ1v) is 13.9. The Kier molecular flexibility index (Phi) is 7.94. The van der Waals surface area contributed by atoms with Gasteiger partial charge in [-0.2, -0.15) is 0 Å². The summed E-state index contributed by atoms with van der Waals surface area (Å²) in [6.07, 6.45) is 5.17. The molecule has 2 aromatic rings. The summed E-state index contributed by atoms with van der Waals surface area (Å²) in [6.45, 7) is 11.5. The molecule has 1 atom stereocenters. The van der Waals surface area contributed by atoms with Crippen LogP contribution in [0.2, 0.25) is 5.02 Å². The summed E-state index contributed by atoms with van der Waals surface area (Å²) in [5, 5.41) is 1.92. The highest BCUT2D eigenvalue weighted by atomic mass is 35.5. The summed E-state index contributed by atoms with van der Waals surface area (Å²) in [7, 11) is 1.81. The van der Waals surface area contributed by atoms with Gasteiger partial charge in [-0.1, -0.05) is 37.6 Å². The second kappa shape index (κ2) is 10.6. The van der Waals surface area contributed by atoms with E-state index in [1.165, 1.54) is 16.6 Å². The van der Waals surface area contributed by atoms with Crippen LogP contribution in [0.3, 0.4) is 0 Å². The molecule has 0 spiro atoms. The molecule has 1 saturated carbocycles. The van der Waals surface area contributed by atoms with Gasteiger partial charge in [0.05, 0.1) is 16.6 Å². The van der Waals surface area contributed by atoms with Crippen LogP contribution < -0.4 is 0 Å². The number of fused-ring (bicyclic) bond motifs is 3. The summed E-state index contributed by atoms with van der Waals surface area (Å²) in [6, 6.07) is 6.12. The molecule has 0 saturated heterocycles. The highest BCUT2D eigenvalue weighted by Crippen LogP contribution is 2.41. The van der Waals surface area contributed by atoms with Crippen molar-refractivity contribution in [3.05, 3.63) is 34.5 Å².